The number of amides is 1. The smallest absolute Gasteiger partial charge is 0.251 e. The van der Waals surface area contributed by atoms with Crippen molar-refractivity contribution in [3.8, 4) is 0 Å². The number of ether oxygens (including phenoxy) is 1. The first kappa shape index (κ1) is 14.8. The van der Waals surface area contributed by atoms with E-state index >= 15 is 0 Å². The Morgan fingerprint density at radius 2 is 2.35 bits per heavy atom. The molecule has 5 nitrogen and oxygen atoms in total. The van der Waals surface area contributed by atoms with Gasteiger partial charge in [-0.25, -0.2) is 4.98 Å². The second-order valence-electron chi connectivity index (χ2n) is 5.15. The Morgan fingerprint density at radius 3 is 2.95 bits per heavy atom. The lowest BCUT2D eigenvalue weighted by Crippen LogP contribution is -2.40. The van der Waals surface area contributed by atoms with E-state index < -0.39 is 0 Å². The molecular formula is C15H23N3O2. The van der Waals surface area contributed by atoms with Crippen LogP contribution >= 0.6 is 0 Å². The van der Waals surface area contributed by atoms with Crippen molar-refractivity contribution in [3.05, 3.63) is 23.4 Å². The van der Waals surface area contributed by atoms with Crippen LogP contribution in [0.15, 0.2) is 12.1 Å². The molecule has 1 fully saturated rings. The minimum atomic E-state index is -0.0680. The molecule has 1 aromatic rings. The fourth-order valence-electron chi connectivity index (χ4n) is 2.41. The number of nitrogens with zero attached hydrogens (tertiary/aromatic N) is 1. The van der Waals surface area contributed by atoms with Crippen LogP contribution in [0.25, 0.3) is 0 Å². The molecular weight excluding hydrogens is 254 g/mol. The molecule has 1 aliphatic rings. The maximum absolute atomic E-state index is 12.3. The van der Waals surface area contributed by atoms with Crippen LogP contribution in [0.3, 0.4) is 0 Å². The van der Waals surface area contributed by atoms with Crippen LogP contribution in [0.2, 0.25) is 0 Å². The molecule has 2 atom stereocenters. The summed E-state index contributed by atoms with van der Waals surface area (Å²) >= 11 is 0. The van der Waals surface area contributed by atoms with Gasteiger partial charge in [0.05, 0.1) is 12.1 Å². The van der Waals surface area contributed by atoms with Crippen LogP contribution in [0.1, 0.15) is 42.7 Å². The SMILES string of the molecule is CCc1cc(C(=O)NC(C)C2CCCO2)cc(NC)n1. The van der Waals surface area contributed by atoms with Crippen molar-refractivity contribution >= 4 is 11.7 Å². The molecule has 0 bridgehead atoms. The number of aromatic nitrogens is 1. The Labute approximate surface area is 120 Å². The number of hydrogen-bond acceptors (Lipinski definition) is 4. The Balaban J connectivity index is 2.07. The van der Waals surface area contributed by atoms with Crippen molar-refractivity contribution in [1.82, 2.24) is 10.3 Å². The number of nitrogens with one attached hydrogen (secondary N) is 2. The van der Waals surface area contributed by atoms with Gasteiger partial charge in [-0.15, -0.1) is 0 Å². The lowest BCUT2D eigenvalue weighted by molar-refractivity contribution is 0.0712. The number of carbonyl (C=O) groups excluding carboxylic acids is 1. The second-order valence-corrected chi connectivity index (χ2v) is 5.15. The van der Waals surface area contributed by atoms with E-state index in [0.29, 0.717) is 5.56 Å². The predicted octanol–water partition coefficient (Wildman–Crippen LogP) is 1.98. The zero-order valence-electron chi connectivity index (χ0n) is 12.4. The minimum Gasteiger partial charge on any atom is -0.376 e. The predicted molar refractivity (Wildman–Crippen MR) is 79.1 cm³/mol. The maximum atomic E-state index is 12.3. The van der Waals surface area contributed by atoms with Gasteiger partial charge in [0, 0.05) is 24.9 Å². The van der Waals surface area contributed by atoms with Gasteiger partial charge in [-0.1, -0.05) is 6.92 Å². The second kappa shape index (κ2) is 6.70. The highest BCUT2D eigenvalue weighted by molar-refractivity contribution is 5.95. The number of carbonyl (C=O) groups is 1. The molecule has 1 aromatic heterocycles. The van der Waals surface area contributed by atoms with E-state index in [1.807, 2.05) is 19.9 Å². The van der Waals surface area contributed by atoms with Crippen molar-refractivity contribution in [3.63, 3.8) is 0 Å². The van der Waals surface area contributed by atoms with E-state index in [2.05, 4.69) is 15.6 Å². The summed E-state index contributed by atoms with van der Waals surface area (Å²) in [4.78, 5) is 16.7. The molecule has 2 rings (SSSR count). The molecule has 1 amide bonds. The maximum Gasteiger partial charge on any atom is 0.251 e. The lowest BCUT2D eigenvalue weighted by Gasteiger charge is -2.20. The van der Waals surface area contributed by atoms with Crippen LogP contribution in [-0.4, -0.2) is 36.7 Å². The highest BCUT2D eigenvalue weighted by Gasteiger charge is 2.24. The summed E-state index contributed by atoms with van der Waals surface area (Å²) in [5.41, 5.74) is 1.55. The van der Waals surface area contributed by atoms with Crippen molar-refractivity contribution in [1.29, 1.82) is 0 Å². The third-order valence-electron chi connectivity index (χ3n) is 3.64. The third-order valence-corrected chi connectivity index (χ3v) is 3.64. The zero-order valence-corrected chi connectivity index (χ0v) is 12.4. The standard InChI is InChI=1S/C15H23N3O2/c1-4-12-8-11(9-14(16-3)18-12)15(19)17-10(2)13-6-5-7-20-13/h8-10,13H,4-7H2,1-3H3,(H,16,18)(H,17,19). The van der Waals surface area contributed by atoms with E-state index in [0.717, 1.165) is 37.4 Å². The summed E-state index contributed by atoms with van der Waals surface area (Å²) in [7, 11) is 1.80. The van der Waals surface area contributed by atoms with Gasteiger partial charge < -0.3 is 15.4 Å². The fraction of sp³-hybridized carbons (Fsp3) is 0.600. The summed E-state index contributed by atoms with van der Waals surface area (Å²) in [6.07, 6.45) is 3.02. The van der Waals surface area contributed by atoms with Gasteiger partial charge in [0.2, 0.25) is 0 Å². The van der Waals surface area contributed by atoms with Gasteiger partial charge in [-0.2, -0.15) is 0 Å². The number of rotatable bonds is 5. The zero-order chi connectivity index (χ0) is 14.5. The van der Waals surface area contributed by atoms with E-state index in [-0.39, 0.29) is 18.1 Å². The topological polar surface area (TPSA) is 63.2 Å². The molecule has 0 aromatic carbocycles. The molecule has 0 saturated carbocycles. The summed E-state index contributed by atoms with van der Waals surface area (Å²) in [5.74, 6) is 0.654. The molecule has 1 aliphatic heterocycles. The summed E-state index contributed by atoms with van der Waals surface area (Å²) < 4.78 is 5.60. The summed E-state index contributed by atoms with van der Waals surface area (Å²) in [6.45, 7) is 4.82. The number of hydrogen-bond donors (Lipinski definition) is 2. The van der Waals surface area contributed by atoms with Crippen LogP contribution in [0.5, 0.6) is 0 Å². The monoisotopic (exact) mass is 277 g/mol. The normalized spacial score (nSPS) is 19.6. The largest absolute Gasteiger partial charge is 0.376 e. The molecule has 2 heterocycles. The molecule has 1 saturated heterocycles. The van der Waals surface area contributed by atoms with Crippen LogP contribution in [-0.2, 0) is 11.2 Å². The molecule has 0 radical (unpaired) electrons. The Morgan fingerprint density at radius 1 is 1.55 bits per heavy atom. The van der Waals surface area contributed by atoms with Gasteiger partial charge in [-0.3, -0.25) is 4.79 Å². The van der Waals surface area contributed by atoms with Gasteiger partial charge in [0.1, 0.15) is 5.82 Å². The quantitative estimate of drug-likeness (QED) is 0.864. The van der Waals surface area contributed by atoms with Crippen LogP contribution < -0.4 is 10.6 Å². The van der Waals surface area contributed by atoms with Gasteiger partial charge >= 0.3 is 0 Å². The summed E-state index contributed by atoms with van der Waals surface area (Å²) in [5, 5.41) is 6.01. The first-order valence-corrected chi connectivity index (χ1v) is 7.25. The van der Waals surface area contributed by atoms with Crippen LogP contribution in [0, 0.1) is 0 Å². The van der Waals surface area contributed by atoms with E-state index in [4.69, 9.17) is 4.74 Å². The Bertz CT molecular complexity index is 448. The average Bonchev–Trinajstić information content (AvgIpc) is 3.00. The number of aryl methyl sites for hydroxylation is 1. The van der Waals surface area contributed by atoms with Gasteiger partial charge in [-0.05, 0) is 38.3 Å². The van der Waals surface area contributed by atoms with Gasteiger partial charge in [0.25, 0.3) is 5.91 Å². The molecule has 20 heavy (non-hydrogen) atoms. The molecule has 2 N–H and O–H groups in total. The minimum absolute atomic E-state index is 0.0290. The van der Waals surface area contributed by atoms with E-state index in [1.165, 1.54) is 0 Å². The number of anilines is 1. The van der Waals surface area contributed by atoms with Crippen molar-refractivity contribution in [2.75, 3.05) is 19.0 Å². The highest BCUT2D eigenvalue weighted by atomic mass is 16.5. The van der Waals surface area contributed by atoms with Crippen LogP contribution in [0.4, 0.5) is 5.82 Å². The van der Waals surface area contributed by atoms with Gasteiger partial charge in [0.15, 0.2) is 0 Å². The molecule has 2 unspecified atom stereocenters. The van der Waals surface area contributed by atoms with E-state index in [1.54, 1.807) is 13.1 Å². The van der Waals surface area contributed by atoms with Crippen molar-refractivity contribution in [2.45, 2.75) is 45.3 Å². The average molecular weight is 277 g/mol. The molecule has 0 spiro atoms. The van der Waals surface area contributed by atoms with Crippen molar-refractivity contribution < 1.29 is 9.53 Å². The number of pyridine rings is 1. The highest BCUT2D eigenvalue weighted by Crippen LogP contribution is 2.16. The Kier molecular flexibility index (Phi) is 4.95. The van der Waals surface area contributed by atoms with E-state index in [9.17, 15) is 4.79 Å². The fourth-order valence-corrected chi connectivity index (χ4v) is 2.41. The molecule has 110 valence electrons. The third kappa shape index (κ3) is 3.48. The Hall–Kier alpha value is -1.62. The summed E-state index contributed by atoms with van der Waals surface area (Å²) in [6, 6.07) is 3.65. The molecule has 5 heteroatoms. The molecule has 0 aliphatic carbocycles. The first-order chi connectivity index (χ1) is 9.63. The van der Waals surface area contributed by atoms with Crippen molar-refractivity contribution in [2.24, 2.45) is 0 Å². The lowest BCUT2D eigenvalue weighted by atomic mass is 10.1. The first-order valence-electron chi connectivity index (χ1n) is 7.25.